The van der Waals surface area contributed by atoms with Gasteiger partial charge in [0.05, 0.1) is 0 Å². The molecule has 0 N–H and O–H groups in total. The number of ether oxygens (including phenoxy) is 1. The van der Waals surface area contributed by atoms with Crippen LogP contribution in [0.1, 0.15) is 35.1 Å². The second-order valence-electron chi connectivity index (χ2n) is 5.62. The molecule has 1 spiro atoms. The molecule has 1 nitrogen and oxygen atoms in total. The van der Waals surface area contributed by atoms with E-state index in [4.69, 9.17) is 4.74 Å². The summed E-state index contributed by atoms with van der Waals surface area (Å²) in [4.78, 5) is 0. The maximum Gasteiger partial charge on any atom is 0.0471 e. The minimum absolute atomic E-state index is 0.539. The maximum atomic E-state index is 5.52. The lowest BCUT2D eigenvalue weighted by Gasteiger charge is -2.33. The fourth-order valence-electron chi connectivity index (χ4n) is 3.39. The quantitative estimate of drug-likeness (QED) is 0.647. The molecule has 0 aromatic heterocycles. The molecular weight excluding hydrogens is 196 g/mol. The molecule has 86 valence electrons. The van der Waals surface area contributed by atoms with Crippen LogP contribution in [0, 0.1) is 19.3 Å². The third-order valence-electron chi connectivity index (χ3n) is 4.56. The van der Waals surface area contributed by atoms with Gasteiger partial charge >= 0.3 is 0 Å². The standard InChI is InChI=1S/C15H20O/c1-11-3-4-12(2)14-10-15(9-13(11)14)5-7-16-8-6-15/h3-4H,5-10H2,1-2H3. The van der Waals surface area contributed by atoms with Gasteiger partial charge in [0.15, 0.2) is 0 Å². The monoisotopic (exact) mass is 216 g/mol. The summed E-state index contributed by atoms with van der Waals surface area (Å²) in [5, 5.41) is 0. The zero-order valence-corrected chi connectivity index (χ0v) is 10.3. The van der Waals surface area contributed by atoms with Crippen molar-refractivity contribution in [3.63, 3.8) is 0 Å². The van der Waals surface area contributed by atoms with Crippen molar-refractivity contribution >= 4 is 0 Å². The SMILES string of the molecule is Cc1ccc(C)c2c1CC1(CCOCC1)C2. The summed E-state index contributed by atoms with van der Waals surface area (Å²) >= 11 is 0. The normalized spacial score (nSPS) is 22.4. The van der Waals surface area contributed by atoms with E-state index in [0.29, 0.717) is 5.41 Å². The fourth-order valence-corrected chi connectivity index (χ4v) is 3.39. The van der Waals surface area contributed by atoms with Crippen LogP contribution in [0.3, 0.4) is 0 Å². The van der Waals surface area contributed by atoms with Gasteiger partial charge in [-0.25, -0.2) is 0 Å². The van der Waals surface area contributed by atoms with Gasteiger partial charge in [-0.2, -0.15) is 0 Å². The fraction of sp³-hybridized carbons (Fsp3) is 0.600. The highest BCUT2D eigenvalue weighted by molar-refractivity contribution is 5.45. The molecule has 0 amide bonds. The van der Waals surface area contributed by atoms with Gasteiger partial charge < -0.3 is 4.74 Å². The molecule has 0 unspecified atom stereocenters. The van der Waals surface area contributed by atoms with E-state index < -0.39 is 0 Å². The molecule has 1 heteroatoms. The van der Waals surface area contributed by atoms with Gasteiger partial charge in [0.25, 0.3) is 0 Å². The van der Waals surface area contributed by atoms with Gasteiger partial charge in [-0.1, -0.05) is 12.1 Å². The molecular formula is C15H20O. The molecule has 1 saturated heterocycles. The molecule has 0 saturated carbocycles. The third-order valence-corrected chi connectivity index (χ3v) is 4.56. The second-order valence-corrected chi connectivity index (χ2v) is 5.62. The molecule has 16 heavy (non-hydrogen) atoms. The van der Waals surface area contributed by atoms with E-state index >= 15 is 0 Å². The van der Waals surface area contributed by atoms with Crippen LogP contribution in [0.4, 0.5) is 0 Å². The zero-order chi connectivity index (χ0) is 11.2. The molecule has 1 fully saturated rings. The molecule has 1 aliphatic carbocycles. The summed E-state index contributed by atoms with van der Waals surface area (Å²) in [6, 6.07) is 4.57. The number of aryl methyl sites for hydroxylation is 2. The van der Waals surface area contributed by atoms with Gasteiger partial charge in [-0.15, -0.1) is 0 Å². The lowest BCUT2D eigenvalue weighted by molar-refractivity contribution is 0.0198. The zero-order valence-electron chi connectivity index (χ0n) is 10.3. The molecule has 0 atom stereocenters. The Morgan fingerprint density at radius 2 is 1.44 bits per heavy atom. The Morgan fingerprint density at radius 3 is 1.94 bits per heavy atom. The summed E-state index contributed by atoms with van der Waals surface area (Å²) < 4.78 is 5.52. The highest BCUT2D eigenvalue weighted by Crippen LogP contribution is 2.45. The van der Waals surface area contributed by atoms with Crippen LogP contribution >= 0.6 is 0 Å². The van der Waals surface area contributed by atoms with Crippen LogP contribution in [0.5, 0.6) is 0 Å². The summed E-state index contributed by atoms with van der Waals surface area (Å²) in [7, 11) is 0. The number of benzene rings is 1. The number of rotatable bonds is 0. The molecule has 1 aliphatic heterocycles. The third kappa shape index (κ3) is 1.49. The van der Waals surface area contributed by atoms with Crippen LogP contribution in [-0.4, -0.2) is 13.2 Å². The van der Waals surface area contributed by atoms with E-state index in [1.54, 1.807) is 11.1 Å². The van der Waals surface area contributed by atoms with Crippen molar-refractivity contribution in [2.24, 2.45) is 5.41 Å². The first kappa shape index (κ1) is 10.3. The first-order chi connectivity index (χ1) is 7.70. The first-order valence-corrected chi connectivity index (χ1v) is 6.36. The van der Waals surface area contributed by atoms with Gasteiger partial charge in [0, 0.05) is 13.2 Å². The highest BCUT2D eigenvalue weighted by atomic mass is 16.5. The van der Waals surface area contributed by atoms with E-state index in [0.717, 1.165) is 13.2 Å². The molecule has 1 heterocycles. The second kappa shape index (κ2) is 3.59. The summed E-state index contributed by atoms with van der Waals surface area (Å²) in [5.74, 6) is 0. The van der Waals surface area contributed by atoms with E-state index in [2.05, 4.69) is 26.0 Å². The lowest BCUT2D eigenvalue weighted by atomic mass is 9.77. The first-order valence-electron chi connectivity index (χ1n) is 6.36. The lowest BCUT2D eigenvalue weighted by Crippen LogP contribution is -2.30. The highest BCUT2D eigenvalue weighted by Gasteiger charge is 2.39. The van der Waals surface area contributed by atoms with Crippen LogP contribution in [0.2, 0.25) is 0 Å². The van der Waals surface area contributed by atoms with Crippen molar-refractivity contribution in [3.8, 4) is 0 Å². The Kier molecular flexibility index (Phi) is 2.32. The Labute approximate surface area is 97.8 Å². The van der Waals surface area contributed by atoms with Crippen molar-refractivity contribution in [2.45, 2.75) is 39.5 Å². The van der Waals surface area contributed by atoms with Crippen LogP contribution in [-0.2, 0) is 17.6 Å². The summed E-state index contributed by atoms with van der Waals surface area (Å²) in [6.07, 6.45) is 5.08. The number of fused-ring (bicyclic) bond motifs is 1. The molecule has 1 aromatic carbocycles. The maximum absolute atomic E-state index is 5.52. The molecule has 0 bridgehead atoms. The summed E-state index contributed by atoms with van der Waals surface area (Å²) in [6.45, 7) is 6.45. The molecule has 2 aliphatic rings. The summed E-state index contributed by atoms with van der Waals surface area (Å²) in [5.41, 5.74) is 6.80. The van der Waals surface area contributed by atoms with E-state index in [9.17, 15) is 0 Å². The minimum atomic E-state index is 0.539. The van der Waals surface area contributed by atoms with Gasteiger partial charge in [-0.3, -0.25) is 0 Å². The van der Waals surface area contributed by atoms with E-state index in [-0.39, 0.29) is 0 Å². The van der Waals surface area contributed by atoms with Crippen LogP contribution in [0.25, 0.3) is 0 Å². The van der Waals surface area contributed by atoms with Crippen LogP contribution < -0.4 is 0 Å². The minimum Gasteiger partial charge on any atom is -0.381 e. The number of hydrogen-bond acceptors (Lipinski definition) is 1. The van der Waals surface area contributed by atoms with Gasteiger partial charge in [-0.05, 0) is 67.2 Å². The van der Waals surface area contributed by atoms with Gasteiger partial charge in [0.2, 0.25) is 0 Å². The average Bonchev–Trinajstić information content (AvgIpc) is 2.65. The Hall–Kier alpha value is -0.820. The molecule has 3 rings (SSSR count). The van der Waals surface area contributed by atoms with Gasteiger partial charge in [0.1, 0.15) is 0 Å². The molecule has 0 radical (unpaired) electrons. The Morgan fingerprint density at radius 1 is 0.938 bits per heavy atom. The van der Waals surface area contributed by atoms with Crippen molar-refractivity contribution < 1.29 is 4.74 Å². The van der Waals surface area contributed by atoms with Crippen molar-refractivity contribution in [1.82, 2.24) is 0 Å². The Balaban J connectivity index is 1.99. The van der Waals surface area contributed by atoms with Crippen molar-refractivity contribution in [3.05, 3.63) is 34.4 Å². The van der Waals surface area contributed by atoms with E-state index in [1.807, 2.05) is 0 Å². The largest absolute Gasteiger partial charge is 0.381 e. The average molecular weight is 216 g/mol. The predicted molar refractivity (Wildman–Crippen MR) is 65.8 cm³/mol. The predicted octanol–water partition coefficient (Wildman–Crippen LogP) is 3.20. The topological polar surface area (TPSA) is 9.23 Å². The smallest absolute Gasteiger partial charge is 0.0471 e. The Bertz CT molecular complexity index is 381. The van der Waals surface area contributed by atoms with Crippen LogP contribution in [0.15, 0.2) is 12.1 Å². The number of hydrogen-bond donors (Lipinski definition) is 0. The van der Waals surface area contributed by atoms with Crippen molar-refractivity contribution in [2.75, 3.05) is 13.2 Å². The molecule has 1 aromatic rings. The van der Waals surface area contributed by atoms with E-state index in [1.165, 1.54) is 36.8 Å². The van der Waals surface area contributed by atoms with Crippen molar-refractivity contribution in [1.29, 1.82) is 0 Å².